The van der Waals surface area contributed by atoms with Crippen molar-refractivity contribution in [1.82, 2.24) is 15.5 Å². The fraction of sp³-hybridized carbons (Fsp3) is 0.609. The highest BCUT2D eigenvalue weighted by Crippen LogP contribution is 2.25. The molecule has 2 unspecified atom stereocenters. The average Bonchev–Trinajstić information content (AvgIpc) is 2.64. The molecule has 0 bridgehead atoms. The van der Waals surface area contributed by atoms with Crippen LogP contribution in [0.5, 0.6) is 0 Å². The molecule has 3 amide bonds. The Morgan fingerprint density at radius 1 is 1.13 bits per heavy atom. The maximum absolute atomic E-state index is 13.4. The van der Waals surface area contributed by atoms with Crippen molar-refractivity contribution in [2.24, 2.45) is 0 Å². The first-order valence-corrected chi connectivity index (χ1v) is 11.9. The monoisotopic (exact) mass is 451 g/mol. The van der Waals surface area contributed by atoms with E-state index in [-0.39, 0.29) is 17.9 Å². The number of carbonyl (C=O) groups is 3. The highest BCUT2D eigenvalue weighted by atomic mass is 32.2. The van der Waals surface area contributed by atoms with Crippen LogP contribution in [0.15, 0.2) is 24.3 Å². The number of alkyl carbamates (subject to hydrolysis) is 1. The van der Waals surface area contributed by atoms with Gasteiger partial charge in [-0.15, -0.1) is 0 Å². The molecule has 31 heavy (non-hydrogen) atoms. The summed E-state index contributed by atoms with van der Waals surface area (Å²) in [6.07, 6.45) is 1.71. The van der Waals surface area contributed by atoms with Crippen molar-refractivity contribution in [1.29, 1.82) is 0 Å². The standard InChI is InChI=1S/C23H37N3O4S/c1-15(2)24-20(27)19(17-12-10-9-11-16(17)3)26(7)21(28)18(13-14-31-8)25-22(29)30-23(4,5)6/h9-12,15,18-19H,13-14H2,1-8H3,(H,24,27)(H,25,29). The molecule has 0 saturated heterocycles. The van der Waals surface area contributed by atoms with Gasteiger partial charge in [-0.25, -0.2) is 4.79 Å². The van der Waals surface area contributed by atoms with Gasteiger partial charge in [-0.05, 0) is 71.1 Å². The summed E-state index contributed by atoms with van der Waals surface area (Å²) in [6.45, 7) is 11.0. The molecule has 0 aromatic heterocycles. The zero-order chi connectivity index (χ0) is 23.8. The number of amides is 3. The predicted octanol–water partition coefficient (Wildman–Crippen LogP) is 3.67. The Hall–Kier alpha value is -2.22. The van der Waals surface area contributed by atoms with E-state index < -0.39 is 23.8 Å². The van der Waals surface area contributed by atoms with Crippen LogP contribution in [-0.4, -0.2) is 59.5 Å². The number of benzene rings is 1. The van der Waals surface area contributed by atoms with Gasteiger partial charge in [0.2, 0.25) is 11.8 Å². The number of thioether (sulfide) groups is 1. The summed E-state index contributed by atoms with van der Waals surface area (Å²) in [4.78, 5) is 40.3. The molecule has 1 aromatic carbocycles. The van der Waals surface area contributed by atoms with E-state index in [4.69, 9.17) is 4.74 Å². The molecule has 2 atom stereocenters. The van der Waals surface area contributed by atoms with E-state index in [0.717, 1.165) is 11.1 Å². The van der Waals surface area contributed by atoms with Gasteiger partial charge >= 0.3 is 6.09 Å². The summed E-state index contributed by atoms with van der Waals surface area (Å²) in [5.41, 5.74) is 0.980. The zero-order valence-electron chi connectivity index (χ0n) is 19.9. The lowest BCUT2D eigenvalue weighted by Gasteiger charge is -2.32. The Balaban J connectivity index is 3.21. The first-order chi connectivity index (χ1) is 14.4. The van der Waals surface area contributed by atoms with E-state index in [9.17, 15) is 14.4 Å². The molecule has 1 aromatic rings. The summed E-state index contributed by atoms with van der Waals surface area (Å²) < 4.78 is 5.34. The SMILES string of the molecule is CSCCC(NC(=O)OC(C)(C)C)C(=O)N(C)C(C(=O)NC(C)C)c1ccccc1C. The maximum Gasteiger partial charge on any atom is 0.408 e. The van der Waals surface area contributed by atoms with Gasteiger partial charge in [0.15, 0.2) is 0 Å². The summed E-state index contributed by atoms with van der Waals surface area (Å²) in [6, 6.07) is 5.81. The molecule has 0 aliphatic heterocycles. The molecule has 8 heteroatoms. The molecule has 174 valence electrons. The molecular formula is C23H37N3O4S. The number of nitrogens with one attached hydrogen (secondary N) is 2. The Morgan fingerprint density at radius 3 is 2.26 bits per heavy atom. The van der Waals surface area contributed by atoms with Gasteiger partial charge in [0.05, 0.1) is 0 Å². The normalized spacial score (nSPS) is 13.3. The van der Waals surface area contributed by atoms with Crippen molar-refractivity contribution in [2.45, 2.75) is 71.7 Å². The summed E-state index contributed by atoms with van der Waals surface area (Å²) in [5, 5.41) is 5.60. The van der Waals surface area contributed by atoms with Gasteiger partial charge in [0, 0.05) is 13.1 Å². The minimum atomic E-state index is -0.812. The van der Waals surface area contributed by atoms with Gasteiger partial charge in [-0.3, -0.25) is 9.59 Å². The first kappa shape index (κ1) is 26.8. The number of hydrogen-bond acceptors (Lipinski definition) is 5. The molecule has 0 heterocycles. The predicted molar refractivity (Wildman–Crippen MR) is 126 cm³/mol. The highest BCUT2D eigenvalue weighted by Gasteiger charge is 2.34. The number of nitrogens with zero attached hydrogens (tertiary/aromatic N) is 1. The van der Waals surface area contributed by atoms with Crippen LogP contribution in [0.25, 0.3) is 0 Å². The third kappa shape index (κ3) is 8.81. The second kappa shape index (κ2) is 12.0. The molecule has 0 spiro atoms. The van der Waals surface area contributed by atoms with Crippen LogP contribution in [0.3, 0.4) is 0 Å². The van der Waals surface area contributed by atoms with Crippen LogP contribution in [0.1, 0.15) is 58.2 Å². The molecule has 1 rings (SSSR count). The topological polar surface area (TPSA) is 87.7 Å². The van der Waals surface area contributed by atoms with Crippen molar-refractivity contribution in [3.8, 4) is 0 Å². The van der Waals surface area contributed by atoms with E-state index in [1.54, 1.807) is 39.6 Å². The smallest absolute Gasteiger partial charge is 0.408 e. The van der Waals surface area contributed by atoms with Gasteiger partial charge < -0.3 is 20.3 Å². The minimum Gasteiger partial charge on any atom is -0.444 e. The van der Waals surface area contributed by atoms with Crippen LogP contribution in [-0.2, 0) is 14.3 Å². The molecule has 7 nitrogen and oxygen atoms in total. The van der Waals surface area contributed by atoms with Crippen LogP contribution in [0, 0.1) is 6.92 Å². The van der Waals surface area contributed by atoms with E-state index >= 15 is 0 Å². The number of ether oxygens (including phenoxy) is 1. The molecule has 0 aliphatic rings. The lowest BCUT2D eigenvalue weighted by atomic mass is 9.98. The van der Waals surface area contributed by atoms with E-state index in [0.29, 0.717) is 12.2 Å². The van der Waals surface area contributed by atoms with Crippen molar-refractivity contribution in [2.75, 3.05) is 19.1 Å². The van der Waals surface area contributed by atoms with Crippen LogP contribution in [0.4, 0.5) is 4.79 Å². The molecule has 0 radical (unpaired) electrons. The zero-order valence-corrected chi connectivity index (χ0v) is 20.8. The fourth-order valence-electron chi connectivity index (χ4n) is 3.10. The van der Waals surface area contributed by atoms with Gasteiger partial charge in [-0.2, -0.15) is 11.8 Å². The molecule has 0 aliphatic carbocycles. The number of hydrogen-bond donors (Lipinski definition) is 2. The minimum absolute atomic E-state index is 0.0744. The largest absolute Gasteiger partial charge is 0.444 e. The molecule has 2 N–H and O–H groups in total. The number of likely N-dealkylation sites (N-methyl/N-ethyl adjacent to an activating group) is 1. The number of carbonyl (C=O) groups excluding carboxylic acids is 3. The summed E-state index contributed by atoms with van der Waals surface area (Å²) >= 11 is 1.58. The second-order valence-electron chi connectivity index (χ2n) is 8.85. The van der Waals surface area contributed by atoms with E-state index in [2.05, 4.69) is 10.6 Å². The lowest BCUT2D eigenvalue weighted by molar-refractivity contribution is -0.141. The van der Waals surface area contributed by atoms with Gasteiger partial charge in [0.1, 0.15) is 17.7 Å². The summed E-state index contributed by atoms with van der Waals surface area (Å²) in [7, 11) is 1.60. The quantitative estimate of drug-likeness (QED) is 0.598. The fourth-order valence-corrected chi connectivity index (χ4v) is 3.57. The summed E-state index contributed by atoms with van der Waals surface area (Å²) in [5.74, 6) is 0.0703. The van der Waals surface area contributed by atoms with Crippen LogP contribution in [0.2, 0.25) is 0 Å². The van der Waals surface area contributed by atoms with Gasteiger partial charge in [-0.1, -0.05) is 24.3 Å². The first-order valence-electron chi connectivity index (χ1n) is 10.5. The van der Waals surface area contributed by atoms with Crippen molar-refractivity contribution in [3.63, 3.8) is 0 Å². The molecule has 0 fully saturated rings. The molecular weight excluding hydrogens is 414 g/mol. The Bertz CT molecular complexity index is 761. The number of aryl methyl sites for hydroxylation is 1. The third-order valence-corrected chi connectivity index (χ3v) is 5.14. The maximum atomic E-state index is 13.4. The van der Waals surface area contributed by atoms with E-state index in [1.165, 1.54) is 4.90 Å². The van der Waals surface area contributed by atoms with Crippen molar-refractivity contribution in [3.05, 3.63) is 35.4 Å². The Kier molecular flexibility index (Phi) is 10.4. The van der Waals surface area contributed by atoms with Gasteiger partial charge in [0.25, 0.3) is 0 Å². The highest BCUT2D eigenvalue weighted by molar-refractivity contribution is 7.98. The Morgan fingerprint density at radius 2 is 1.74 bits per heavy atom. The second-order valence-corrected chi connectivity index (χ2v) is 9.84. The van der Waals surface area contributed by atoms with Crippen LogP contribution < -0.4 is 10.6 Å². The average molecular weight is 452 g/mol. The lowest BCUT2D eigenvalue weighted by Crippen LogP contribution is -2.52. The van der Waals surface area contributed by atoms with Crippen LogP contribution >= 0.6 is 11.8 Å². The van der Waals surface area contributed by atoms with E-state index in [1.807, 2.05) is 51.3 Å². The number of rotatable bonds is 9. The molecule has 0 saturated carbocycles. The Labute approximate surface area is 190 Å². The third-order valence-electron chi connectivity index (χ3n) is 4.50. The van der Waals surface area contributed by atoms with Crippen molar-refractivity contribution < 1.29 is 19.1 Å². The van der Waals surface area contributed by atoms with Crippen molar-refractivity contribution >= 4 is 29.7 Å².